The summed E-state index contributed by atoms with van der Waals surface area (Å²) in [4.78, 5) is 0. The predicted octanol–water partition coefficient (Wildman–Crippen LogP) is 6.54. The van der Waals surface area contributed by atoms with Crippen LogP contribution in [0, 0.1) is 13.8 Å². The Morgan fingerprint density at radius 2 is 0.833 bits per heavy atom. The number of aryl methyl sites for hydroxylation is 2. The van der Waals surface area contributed by atoms with Crippen LogP contribution in [0.4, 0.5) is 0 Å². The summed E-state index contributed by atoms with van der Waals surface area (Å²) in [5, 5.41) is 2.67. The number of rotatable bonds is 0. The fourth-order valence-electron chi connectivity index (χ4n) is 1.49. The van der Waals surface area contributed by atoms with Gasteiger partial charge in [-0.1, -0.05) is 89.1 Å². The standard InChI is InChI=1S/C12H12.3C2H6/c1-9-3-5-11-6-4-10(2)8-12(11)7-9;3*1-2/h3-8H,1-2H3;3*1-2H3. The zero-order valence-corrected chi connectivity index (χ0v) is 13.5. The lowest BCUT2D eigenvalue weighted by molar-refractivity contribution is 1.47. The zero-order valence-electron chi connectivity index (χ0n) is 13.5. The molecule has 2 aromatic rings. The van der Waals surface area contributed by atoms with Crippen molar-refractivity contribution in [2.45, 2.75) is 55.4 Å². The second kappa shape index (κ2) is 12.2. The molecule has 0 aromatic heterocycles. The van der Waals surface area contributed by atoms with Gasteiger partial charge in [-0.15, -0.1) is 0 Å². The van der Waals surface area contributed by atoms with Gasteiger partial charge in [0.05, 0.1) is 0 Å². The molecule has 0 radical (unpaired) electrons. The van der Waals surface area contributed by atoms with Gasteiger partial charge in [0, 0.05) is 0 Å². The van der Waals surface area contributed by atoms with E-state index in [0.29, 0.717) is 0 Å². The van der Waals surface area contributed by atoms with E-state index in [0.717, 1.165) is 0 Å². The molecule has 0 spiro atoms. The zero-order chi connectivity index (χ0) is 14.6. The Hall–Kier alpha value is -1.30. The summed E-state index contributed by atoms with van der Waals surface area (Å²) in [6.07, 6.45) is 0. The molecule has 0 nitrogen and oxygen atoms in total. The summed E-state index contributed by atoms with van der Waals surface area (Å²) in [5.74, 6) is 0. The topological polar surface area (TPSA) is 0 Å². The van der Waals surface area contributed by atoms with Gasteiger partial charge < -0.3 is 0 Å². The van der Waals surface area contributed by atoms with Gasteiger partial charge in [0.25, 0.3) is 0 Å². The number of hydrogen-bond acceptors (Lipinski definition) is 0. The van der Waals surface area contributed by atoms with Crippen LogP contribution in [0.2, 0.25) is 0 Å². The van der Waals surface area contributed by atoms with Crippen molar-refractivity contribution in [1.82, 2.24) is 0 Å². The van der Waals surface area contributed by atoms with Crippen LogP contribution in [-0.2, 0) is 0 Å². The third kappa shape index (κ3) is 6.44. The first-order valence-corrected chi connectivity index (χ1v) is 7.23. The maximum absolute atomic E-state index is 2.22. The Labute approximate surface area is 114 Å². The molecule has 0 saturated heterocycles. The molecular formula is C18H30. The van der Waals surface area contributed by atoms with Gasteiger partial charge in [-0.25, -0.2) is 0 Å². The highest BCUT2D eigenvalue weighted by molar-refractivity contribution is 5.83. The average Bonchev–Trinajstić information content (AvgIpc) is 2.45. The first kappa shape index (κ1) is 19.0. The summed E-state index contributed by atoms with van der Waals surface area (Å²) in [6, 6.07) is 13.1. The number of fused-ring (bicyclic) bond motifs is 1. The Morgan fingerprint density at radius 3 is 1.17 bits per heavy atom. The van der Waals surface area contributed by atoms with Crippen molar-refractivity contribution in [3.8, 4) is 0 Å². The van der Waals surface area contributed by atoms with Crippen molar-refractivity contribution in [2.75, 3.05) is 0 Å². The molecule has 0 saturated carbocycles. The Balaban J connectivity index is 0. The molecule has 0 heteroatoms. The van der Waals surface area contributed by atoms with E-state index in [1.54, 1.807) is 0 Å². The smallest absolute Gasteiger partial charge is 0.0179 e. The molecule has 0 amide bonds. The van der Waals surface area contributed by atoms with E-state index in [1.807, 2.05) is 41.5 Å². The molecule has 18 heavy (non-hydrogen) atoms. The van der Waals surface area contributed by atoms with Gasteiger partial charge in [-0.05, 0) is 24.6 Å². The lowest BCUT2D eigenvalue weighted by Crippen LogP contribution is -1.76. The van der Waals surface area contributed by atoms with Crippen LogP contribution >= 0.6 is 0 Å². The molecular weight excluding hydrogens is 216 g/mol. The van der Waals surface area contributed by atoms with E-state index < -0.39 is 0 Å². The maximum atomic E-state index is 2.22. The van der Waals surface area contributed by atoms with Crippen molar-refractivity contribution in [1.29, 1.82) is 0 Å². The molecule has 0 bridgehead atoms. The predicted molar refractivity (Wildman–Crippen MR) is 87.5 cm³/mol. The lowest BCUT2D eigenvalue weighted by Gasteiger charge is -1.99. The van der Waals surface area contributed by atoms with E-state index >= 15 is 0 Å². The van der Waals surface area contributed by atoms with Crippen LogP contribution in [0.5, 0.6) is 0 Å². The van der Waals surface area contributed by atoms with Gasteiger partial charge in [0.1, 0.15) is 0 Å². The molecule has 0 aliphatic heterocycles. The van der Waals surface area contributed by atoms with Crippen molar-refractivity contribution >= 4 is 10.8 Å². The molecule has 0 aliphatic carbocycles. The fourth-order valence-corrected chi connectivity index (χ4v) is 1.49. The number of benzene rings is 2. The van der Waals surface area contributed by atoms with Crippen molar-refractivity contribution in [2.24, 2.45) is 0 Å². The molecule has 0 fully saturated rings. The van der Waals surface area contributed by atoms with E-state index in [4.69, 9.17) is 0 Å². The molecule has 0 atom stereocenters. The van der Waals surface area contributed by atoms with E-state index in [2.05, 4.69) is 50.2 Å². The van der Waals surface area contributed by atoms with E-state index in [1.165, 1.54) is 21.9 Å². The van der Waals surface area contributed by atoms with E-state index in [-0.39, 0.29) is 0 Å². The van der Waals surface area contributed by atoms with Gasteiger partial charge in [-0.3, -0.25) is 0 Å². The van der Waals surface area contributed by atoms with Crippen LogP contribution < -0.4 is 0 Å². The minimum atomic E-state index is 1.33. The normalized spacial score (nSPS) is 8.00. The summed E-state index contributed by atoms with van der Waals surface area (Å²) < 4.78 is 0. The molecule has 102 valence electrons. The van der Waals surface area contributed by atoms with Crippen molar-refractivity contribution in [3.63, 3.8) is 0 Å². The highest BCUT2D eigenvalue weighted by atomic mass is 14.0. The lowest BCUT2D eigenvalue weighted by atomic mass is 10.1. The minimum absolute atomic E-state index is 1.33. The van der Waals surface area contributed by atoms with Crippen LogP contribution in [0.25, 0.3) is 10.8 Å². The summed E-state index contributed by atoms with van der Waals surface area (Å²) in [5.41, 5.74) is 2.65. The molecule has 2 rings (SSSR count). The first-order valence-electron chi connectivity index (χ1n) is 7.23. The van der Waals surface area contributed by atoms with Gasteiger partial charge in [0.15, 0.2) is 0 Å². The largest absolute Gasteiger partial charge is 0.0683 e. The molecule has 2 aromatic carbocycles. The maximum Gasteiger partial charge on any atom is -0.0179 e. The fraction of sp³-hybridized carbons (Fsp3) is 0.444. The third-order valence-corrected chi connectivity index (χ3v) is 2.15. The quantitative estimate of drug-likeness (QED) is 0.495. The summed E-state index contributed by atoms with van der Waals surface area (Å²) >= 11 is 0. The Morgan fingerprint density at radius 1 is 0.500 bits per heavy atom. The average molecular weight is 246 g/mol. The Kier molecular flexibility index (Phi) is 12.9. The number of hydrogen-bond donors (Lipinski definition) is 0. The SMILES string of the molecule is CC.CC.CC.Cc1ccc2ccc(C)cc2c1. The second-order valence-electron chi connectivity index (χ2n) is 3.35. The minimum Gasteiger partial charge on any atom is -0.0683 e. The van der Waals surface area contributed by atoms with Crippen LogP contribution in [0.3, 0.4) is 0 Å². The highest BCUT2D eigenvalue weighted by Gasteiger charge is 1.92. The van der Waals surface area contributed by atoms with Crippen LogP contribution in [0.15, 0.2) is 36.4 Å². The molecule has 0 N–H and O–H groups in total. The molecule has 0 aliphatic rings. The second-order valence-corrected chi connectivity index (χ2v) is 3.35. The van der Waals surface area contributed by atoms with Gasteiger partial charge in [-0.2, -0.15) is 0 Å². The summed E-state index contributed by atoms with van der Waals surface area (Å²) in [7, 11) is 0. The van der Waals surface area contributed by atoms with E-state index in [9.17, 15) is 0 Å². The van der Waals surface area contributed by atoms with Crippen molar-refractivity contribution in [3.05, 3.63) is 47.5 Å². The summed E-state index contributed by atoms with van der Waals surface area (Å²) in [6.45, 7) is 16.3. The van der Waals surface area contributed by atoms with Gasteiger partial charge in [0.2, 0.25) is 0 Å². The van der Waals surface area contributed by atoms with Crippen molar-refractivity contribution < 1.29 is 0 Å². The van der Waals surface area contributed by atoms with Gasteiger partial charge >= 0.3 is 0 Å². The Bertz CT molecular complexity index is 377. The monoisotopic (exact) mass is 246 g/mol. The third-order valence-electron chi connectivity index (χ3n) is 2.15. The highest BCUT2D eigenvalue weighted by Crippen LogP contribution is 2.16. The van der Waals surface area contributed by atoms with Crippen LogP contribution in [0.1, 0.15) is 52.7 Å². The van der Waals surface area contributed by atoms with Crippen LogP contribution in [-0.4, -0.2) is 0 Å². The molecule has 0 heterocycles. The molecule has 0 unspecified atom stereocenters. The first-order chi connectivity index (χ1) is 8.75.